The number of nitrogens with one attached hydrogen (secondary N) is 1. The van der Waals surface area contributed by atoms with Crippen molar-refractivity contribution in [2.45, 2.75) is 20.8 Å². The maximum absolute atomic E-state index is 14.9. The number of aromatic nitrogens is 2. The predicted octanol–water partition coefficient (Wildman–Crippen LogP) is 4.67. The van der Waals surface area contributed by atoms with E-state index in [4.69, 9.17) is 10.5 Å². The Bertz CT molecular complexity index is 1270. The van der Waals surface area contributed by atoms with E-state index in [0.717, 1.165) is 22.4 Å². The molecule has 2 aromatic heterocycles. The predicted molar refractivity (Wildman–Crippen MR) is 119 cm³/mol. The molecule has 1 amide bonds. The summed E-state index contributed by atoms with van der Waals surface area (Å²) in [6.45, 7) is 5.78. The van der Waals surface area contributed by atoms with Gasteiger partial charge < -0.3 is 15.8 Å². The van der Waals surface area contributed by atoms with E-state index in [1.165, 1.54) is 10.5 Å². The lowest BCUT2D eigenvalue weighted by Gasteiger charge is -2.16. The third-order valence-electron chi connectivity index (χ3n) is 5.03. The molecule has 2 aromatic carbocycles. The molecule has 0 aliphatic rings. The van der Waals surface area contributed by atoms with E-state index in [1.807, 2.05) is 32.9 Å². The van der Waals surface area contributed by atoms with Gasteiger partial charge in [0.25, 0.3) is 5.91 Å². The molecule has 0 aliphatic carbocycles. The summed E-state index contributed by atoms with van der Waals surface area (Å²) in [6, 6.07) is 16.0. The third-order valence-corrected chi connectivity index (χ3v) is 5.03. The number of carbonyl (C=O) groups excluding carboxylic acids is 1. The molecule has 7 heteroatoms. The zero-order chi connectivity index (χ0) is 22.1. The van der Waals surface area contributed by atoms with Gasteiger partial charge in [0.05, 0.1) is 0 Å². The van der Waals surface area contributed by atoms with E-state index >= 15 is 0 Å². The number of anilines is 2. The standard InChI is InChI=1S/C24H23FN4O2/c1-14-11-15(2)22(16(3)12-14)28-24-23(27-21-10-6-9-19(25)29(21)24)17-7-4-5-8-18(17)31-13-20(26)30/h4-12,28H,13H2,1-3H3,(H2,26,30). The number of pyridine rings is 1. The number of hydrogen-bond donors (Lipinski definition) is 2. The minimum absolute atomic E-state index is 0.266. The summed E-state index contributed by atoms with van der Waals surface area (Å²) in [5, 5.41) is 3.40. The van der Waals surface area contributed by atoms with Crippen molar-refractivity contribution < 1.29 is 13.9 Å². The van der Waals surface area contributed by atoms with Crippen molar-refractivity contribution in [3.8, 4) is 17.0 Å². The number of fused-ring (bicyclic) bond motifs is 1. The highest BCUT2D eigenvalue weighted by atomic mass is 19.1. The average molecular weight is 418 g/mol. The van der Waals surface area contributed by atoms with Crippen molar-refractivity contribution in [1.29, 1.82) is 0 Å². The molecule has 0 saturated heterocycles. The first-order chi connectivity index (χ1) is 14.8. The number of para-hydroxylation sites is 1. The fourth-order valence-electron chi connectivity index (χ4n) is 3.79. The molecule has 0 atom stereocenters. The highest BCUT2D eigenvalue weighted by Crippen LogP contribution is 2.38. The summed E-state index contributed by atoms with van der Waals surface area (Å²) >= 11 is 0. The van der Waals surface area contributed by atoms with Gasteiger partial charge in [-0.25, -0.2) is 4.98 Å². The number of benzene rings is 2. The number of aryl methyl sites for hydroxylation is 3. The molecular weight excluding hydrogens is 395 g/mol. The quantitative estimate of drug-likeness (QED) is 0.446. The molecule has 6 nitrogen and oxygen atoms in total. The number of ether oxygens (including phenoxy) is 1. The molecule has 158 valence electrons. The smallest absolute Gasteiger partial charge is 0.255 e. The van der Waals surface area contributed by atoms with Crippen LogP contribution in [-0.4, -0.2) is 21.9 Å². The lowest BCUT2D eigenvalue weighted by molar-refractivity contribution is -0.119. The number of amides is 1. The zero-order valence-corrected chi connectivity index (χ0v) is 17.6. The van der Waals surface area contributed by atoms with Gasteiger partial charge in [-0.1, -0.05) is 35.9 Å². The Labute approximate surface area is 179 Å². The number of imidazole rings is 1. The molecule has 0 radical (unpaired) electrons. The van der Waals surface area contributed by atoms with Crippen LogP contribution in [-0.2, 0) is 4.79 Å². The van der Waals surface area contributed by atoms with Crippen LogP contribution < -0.4 is 15.8 Å². The minimum atomic E-state index is -0.583. The fraction of sp³-hybridized carbons (Fsp3) is 0.167. The van der Waals surface area contributed by atoms with Crippen molar-refractivity contribution >= 4 is 23.1 Å². The van der Waals surface area contributed by atoms with Gasteiger partial charge in [-0.2, -0.15) is 4.39 Å². The number of rotatable bonds is 6. The molecule has 3 N–H and O–H groups in total. The first-order valence-electron chi connectivity index (χ1n) is 9.87. The molecule has 0 spiro atoms. The summed E-state index contributed by atoms with van der Waals surface area (Å²) < 4.78 is 21.9. The monoisotopic (exact) mass is 418 g/mol. The Balaban J connectivity index is 1.93. The number of carbonyl (C=O) groups is 1. The maximum Gasteiger partial charge on any atom is 0.255 e. The van der Waals surface area contributed by atoms with E-state index in [-0.39, 0.29) is 6.61 Å². The van der Waals surface area contributed by atoms with Crippen molar-refractivity contribution in [3.63, 3.8) is 0 Å². The van der Waals surface area contributed by atoms with Crippen LogP contribution in [0.4, 0.5) is 15.9 Å². The fourth-order valence-corrected chi connectivity index (χ4v) is 3.79. The molecule has 4 aromatic rings. The van der Waals surface area contributed by atoms with E-state index in [1.54, 1.807) is 24.3 Å². The van der Waals surface area contributed by atoms with Crippen LogP contribution in [0.15, 0.2) is 54.6 Å². The summed E-state index contributed by atoms with van der Waals surface area (Å²) in [4.78, 5) is 15.9. The second kappa shape index (κ2) is 8.10. The molecular formula is C24H23FN4O2. The van der Waals surface area contributed by atoms with Crippen LogP contribution in [0.5, 0.6) is 5.75 Å². The first kappa shape index (κ1) is 20.4. The number of primary amides is 1. The second-order valence-corrected chi connectivity index (χ2v) is 7.50. The topological polar surface area (TPSA) is 81.6 Å². The Morgan fingerprint density at radius 1 is 1.10 bits per heavy atom. The van der Waals surface area contributed by atoms with Crippen LogP contribution in [0.3, 0.4) is 0 Å². The van der Waals surface area contributed by atoms with Crippen LogP contribution in [0.1, 0.15) is 16.7 Å². The average Bonchev–Trinajstić information content (AvgIpc) is 3.08. The van der Waals surface area contributed by atoms with E-state index in [0.29, 0.717) is 28.5 Å². The van der Waals surface area contributed by atoms with E-state index in [9.17, 15) is 9.18 Å². The van der Waals surface area contributed by atoms with Gasteiger partial charge in [0.15, 0.2) is 6.61 Å². The van der Waals surface area contributed by atoms with Gasteiger partial charge >= 0.3 is 0 Å². The van der Waals surface area contributed by atoms with E-state index < -0.39 is 11.9 Å². The van der Waals surface area contributed by atoms with Crippen LogP contribution in [0, 0.1) is 26.7 Å². The number of nitrogens with zero attached hydrogens (tertiary/aromatic N) is 2. The Morgan fingerprint density at radius 2 is 1.81 bits per heavy atom. The molecule has 4 rings (SSSR count). The van der Waals surface area contributed by atoms with Crippen molar-refractivity contribution in [1.82, 2.24) is 9.38 Å². The largest absolute Gasteiger partial charge is 0.483 e. The normalized spacial score (nSPS) is 11.0. The van der Waals surface area contributed by atoms with Crippen LogP contribution in [0.25, 0.3) is 16.9 Å². The minimum Gasteiger partial charge on any atom is -0.483 e. The SMILES string of the molecule is Cc1cc(C)c(Nc2c(-c3ccccc3OCC(N)=O)nc3cccc(F)n23)c(C)c1. The van der Waals surface area contributed by atoms with Gasteiger partial charge in [-0.3, -0.25) is 9.20 Å². The molecule has 0 unspecified atom stereocenters. The number of halogens is 1. The maximum atomic E-state index is 14.9. The Morgan fingerprint density at radius 3 is 2.52 bits per heavy atom. The second-order valence-electron chi connectivity index (χ2n) is 7.50. The lowest BCUT2D eigenvalue weighted by Crippen LogP contribution is -2.20. The molecule has 2 heterocycles. The highest BCUT2D eigenvalue weighted by Gasteiger charge is 2.21. The van der Waals surface area contributed by atoms with Gasteiger partial charge in [0.2, 0.25) is 5.95 Å². The number of nitrogens with two attached hydrogens (primary N) is 1. The van der Waals surface area contributed by atoms with Gasteiger partial charge in [0, 0.05) is 11.3 Å². The molecule has 0 bridgehead atoms. The summed E-state index contributed by atoms with van der Waals surface area (Å²) in [6.07, 6.45) is 0. The van der Waals surface area contributed by atoms with Gasteiger partial charge in [0.1, 0.15) is 22.9 Å². The molecule has 0 aliphatic heterocycles. The van der Waals surface area contributed by atoms with Gasteiger partial charge in [-0.05, 0) is 56.2 Å². The van der Waals surface area contributed by atoms with Crippen molar-refractivity contribution in [3.05, 3.63) is 77.2 Å². The number of hydrogen-bond acceptors (Lipinski definition) is 4. The first-order valence-corrected chi connectivity index (χ1v) is 9.87. The Kier molecular flexibility index (Phi) is 5.33. The Hall–Kier alpha value is -3.87. The molecule has 31 heavy (non-hydrogen) atoms. The van der Waals surface area contributed by atoms with Crippen molar-refractivity contribution in [2.24, 2.45) is 5.73 Å². The summed E-state index contributed by atoms with van der Waals surface area (Å²) in [7, 11) is 0. The lowest BCUT2D eigenvalue weighted by atomic mass is 10.0. The van der Waals surface area contributed by atoms with E-state index in [2.05, 4.69) is 22.4 Å². The van der Waals surface area contributed by atoms with Gasteiger partial charge in [-0.15, -0.1) is 0 Å². The zero-order valence-electron chi connectivity index (χ0n) is 17.6. The summed E-state index contributed by atoms with van der Waals surface area (Å²) in [5.74, 6) is -0.124. The highest BCUT2D eigenvalue weighted by molar-refractivity contribution is 5.84. The third kappa shape index (κ3) is 3.94. The summed E-state index contributed by atoms with van der Waals surface area (Å²) in [5.41, 5.74) is 10.9. The molecule has 0 fully saturated rings. The molecule has 0 saturated carbocycles. The van der Waals surface area contributed by atoms with Crippen LogP contribution in [0.2, 0.25) is 0 Å². The van der Waals surface area contributed by atoms with Crippen molar-refractivity contribution in [2.75, 3.05) is 11.9 Å². The van der Waals surface area contributed by atoms with Crippen LogP contribution >= 0.6 is 0 Å².